The number of esters is 1. The van der Waals surface area contributed by atoms with Crippen LogP contribution in [0.3, 0.4) is 0 Å². The van der Waals surface area contributed by atoms with Crippen LogP contribution in [0, 0.1) is 20.2 Å². The highest BCUT2D eigenvalue weighted by Crippen LogP contribution is 2.25. The minimum atomic E-state index is -1.38. The molecule has 1 N–H and O–H groups in total. The number of carbonyl (C=O) groups excluding carboxylic acids is 2. The number of halogens is 1. The summed E-state index contributed by atoms with van der Waals surface area (Å²) in [7, 11) is 0. The first-order valence-electron chi connectivity index (χ1n) is 7.40. The average Bonchev–Trinajstić information content (AvgIpc) is 2.61. The Bertz CT molecular complexity index is 932. The minimum Gasteiger partial charge on any atom is -0.449 e. The van der Waals surface area contributed by atoms with Crippen LogP contribution in [0.1, 0.15) is 17.3 Å². The van der Waals surface area contributed by atoms with Gasteiger partial charge in [0.15, 0.2) is 6.10 Å². The molecule has 27 heavy (non-hydrogen) atoms. The molecule has 0 heterocycles. The van der Waals surface area contributed by atoms with Crippen molar-refractivity contribution < 1.29 is 24.2 Å². The first-order valence-corrected chi connectivity index (χ1v) is 7.77. The molecular weight excluding hydrogens is 382 g/mol. The summed E-state index contributed by atoms with van der Waals surface area (Å²) >= 11 is 5.75. The van der Waals surface area contributed by atoms with Crippen LogP contribution in [-0.2, 0) is 9.53 Å². The fourth-order valence-electron chi connectivity index (χ4n) is 2.08. The molecule has 0 unspecified atom stereocenters. The Hall–Kier alpha value is -3.53. The maximum atomic E-state index is 12.2. The van der Waals surface area contributed by atoms with Gasteiger partial charge in [0.05, 0.1) is 9.85 Å². The van der Waals surface area contributed by atoms with Crippen LogP contribution >= 0.6 is 11.6 Å². The third-order valence-electron chi connectivity index (χ3n) is 3.39. The van der Waals surface area contributed by atoms with Gasteiger partial charge in [-0.2, -0.15) is 0 Å². The van der Waals surface area contributed by atoms with Gasteiger partial charge in [0.25, 0.3) is 17.3 Å². The van der Waals surface area contributed by atoms with E-state index in [-0.39, 0.29) is 16.4 Å². The van der Waals surface area contributed by atoms with Gasteiger partial charge in [-0.3, -0.25) is 25.0 Å². The quantitative estimate of drug-likeness (QED) is 0.450. The first-order chi connectivity index (χ1) is 12.7. The molecule has 10 nitrogen and oxygen atoms in total. The number of nitrogens with zero attached hydrogens (tertiary/aromatic N) is 2. The van der Waals surface area contributed by atoms with E-state index < -0.39 is 39.1 Å². The fraction of sp³-hybridized carbons (Fsp3) is 0.125. The van der Waals surface area contributed by atoms with Gasteiger partial charge < -0.3 is 10.1 Å². The third-order valence-corrected chi connectivity index (χ3v) is 3.62. The summed E-state index contributed by atoms with van der Waals surface area (Å²) in [4.78, 5) is 44.9. The van der Waals surface area contributed by atoms with Crippen molar-refractivity contribution in [3.8, 4) is 0 Å². The molecule has 0 aliphatic rings. The van der Waals surface area contributed by atoms with E-state index in [1.165, 1.54) is 37.3 Å². The van der Waals surface area contributed by atoms with Crippen LogP contribution < -0.4 is 5.32 Å². The molecular formula is C16H12ClN3O7. The summed E-state index contributed by atoms with van der Waals surface area (Å²) in [5, 5.41) is 24.3. The summed E-state index contributed by atoms with van der Waals surface area (Å²) in [5.74, 6) is -1.98. The van der Waals surface area contributed by atoms with Crippen molar-refractivity contribution >= 4 is 40.5 Å². The van der Waals surface area contributed by atoms with Gasteiger partial charge in [-0.25, -0.2) is 4.79 Å². The number of nitro groups is 2. The number of hydrogen-bond acceptors (Lipinski definition) is 7. The largest absolute Gasteiger partial charge is 0.449 e. The molecule has 140 valence electrons. The Labute approximate surface area is 157 Å². The van der Waals surface area contributed by atoms with E-state index >= 15 is 0 Å². The highest BCUT2D eigenvalue weighted by atomic mass is 35.5. The Morgan fingerprint density at radius 3 is 2.33 bits per heavy atom. The second-order valence-electron chi connectivity index (χ2n) is 5.23. The number of amides is 1. The van der Waals surface area contributed by atoms with Crippen LogP contribution in [0.2, 0.25) is 5.02 Å². The molecule has 11 heteroatoms. The number of anilines is 1. The molecule has 0 bridgehead atoms. The van der Waals surface area contributed by atoms with Gasteiger partial charge in [0.2, 0.25) is 0 Å². The standard InChI is InChI=1S/C16H12ClN3O7/c1-9(15(21)18-12-4-2-3-5-14(12)20(25)26)27-16(22)11-8-10(17)6-7-13(11)19(23)24/h2-9H,1H3,(H,18,21)/t9-/m0/s1. The molecule has 0 radical (unpaired) electrons. The molecule has 0 saturated carbocycles. The van der Waals surface area contributed by atoms with E-state index in [1.54, 1.807) is 0 Å². The van der Waals surface area contributed by atoms with E-state index in [0.29, 0.717) is 0 Å². The minimum absolute atomic E-state index is 0.0737. The Kier molecular flexibility index (Phi) is 6.03. The lowest BCUT2D eigenvalue weighted by atomic mass is 10.2. The second-order valence-corrected chi connectivity index (χ2v) is 5.67. The van der Waals surface area contributed by atoms with Crippen LogP contribution in [0.5, 0.6) is 0 Å². The van der Waals surface area contributed by atoms with Crippen molar-refractivity contribution in [1.82, 2.24) is 0 Å². The Balaban J connectivity index is 2.16. The molecule has 0 aromatic heterocycles. The SMILES string of the molecule is C[C@H](OC(=O)c1cc(Cl)ccc1[N+](=O)[O-])C(=O)Nc1ccccc1[N+](=O)[O-]. The lowest BCUT2D eigenvalue weighted by Crippen LogP contribution is -2.30. The van der Waals surface area contributed by atoms with Crippen LogP contribution in [0.25, 0.3) is 0 Å². The van der Waals surface area contributed by atoms with E-state index in [1.807, 2.05) is 0 Å². The smallest absolute Gasteiger partial charge is 0.345 e. The molecule has 0 fully saturated rings. The molecule has 2 aromatic rings. The average molecular weight is 394 g/mol. The van der Waals surface area contributed by atoms with Crippen molar-refractivity contribution in [2.24, 2.45) is 0 Å². The highest BCUT2D eigenvalue weighted by molar-refractivity contribution is 6.31. The van der Waals surface area contributed by atoms with E-state index in [2.05, 4.69) is 5.32 Å². The number of rotatable bonds is 6. The van der Waals surface area contributed by atoms with Gasteiger partial charge in [-0.15, -0.1) is 0 Å². The maximum absolute atomic E-state index is 12.2. The van der Waals surface area contributed by atoms with E-state index in [4.69, 9.17) is 16.3 Å². The summed E-state index contributed by atoms with van der Waals surface area (Å²) in [6, 6.07) is 8.74. The number of carbonyl (C=O) groups is 2. The van der Waals surface area contributed by atoms with Gasteiger partial charge in [0.1, 0.15) is 11.3 Å². The number of hydrogen-bond donors (Lipinski definition) is 1. The predicted octanol–water partition coefficient (Wildman–Crippen LogP) is 3.34. The lowest BCUT2D eigenvalue weighted by molar-refractivity contribution is -0.385. The zero-order chi connectivity index (χ0) is 20.1. The zero-order valence-corrected chi connectivity index (χ0v) is 14.5. The first kappa shape index (κ1) is 19.8. The Morgan fingerprint density at radius 2 is 1.70 bits per heavy atom. The van der Waals surface area contributed by atoms with Crippen molar-refractivity contribution in [2.75, 3.05) is 5.32 Å². The van der Waals surface area contributed by atoms with Crippen LogP contribution in [-0.4, -0.2) is 27.8 Å². The van der Waals surface area contributed by atoms with Crippen molar-refractivity contribution in [3.05, 3.63) is 73.3 Å². The fourth-order valence-corrected chi connectivity index (χ4v) is 2.25. The van der Waals surface area contributed by atoms with Gasteiger partial charge in [0, 0.05) is 17.2 Å². The summed E-state index contributed by atoms with van der Waals surface area (Å²) in [6.07, 6.45) is -1.38. The zero-order valence-electron chi connectivity index (χ0n) is 13.7. The molecule has 1 atom stereocenters. The number of nitro benzene ring substituents is 2. The summed E-state index contributed by atoms with van der Waals surface area (Å²) in [6.45, 7) is 1.22. The van der Waals surface area contributed by atoms with Gasteiger partial charge in [-0.1, -0.05) is 23.7 Å². The molecule has 0 spiro atoms. The number of nitrogens with one attached hydrogen (secondary N) is 1. The monoisotopic (exact) mass is 393 g/mol. The van der Waals surface area contributed by atoms with E-state index in [0.717, 1.165) is 12.1 Å². The second kappa shape index (κ2) is 8.23. The molecule has 1 amide bonds. The predicted molar refractivity (Wildman–Crippen MR) is 94.7 cm³/mol. The molecule has 0 aliphatic heterocycles. The van der Waals surface area contributed by atoms with Crippen molar-refractivity contribution in [1.29, 1.82) is 0 Å². The summed E-state index contributed by atoms with van der Waals surface area (Å²) < 4.78 is 4.93. The Morgan fingerprint density at radius 1 is 1.07 bits per heavy atom. The van der Waals surface area contributed by atoms with Crippen molar-refractivity contribution in [3.63, 3.8) is 0 Å². The van der Waals surface area contributed by atoms with Crippen LogP contribution in [0.15, 0.2) is 42.5 Å². The highest BCUT2D eigenvalue weighted by Gasteiger charge is 2.26. The van der Waals surface area contributed by atoms with Crippen molar-refractivity contribution in [2.45, 2.75) is 13.0 Å². The molecule has 0 saturated heterocycles. The molecule has 2 rings (SSSR count). The number of para-hydroxylation sites is 2. The third kappa shape index (κ3) is 4.76. The van der Waals surface area contributed by atoms with Crippen LogP contribution in [0.4, 0.5) is 17.1 Å². The van der Waals surface area contributed by atoms with Gasteiger partial charge >= 0.3 is 5.97 Å². The van der Waals surface area contributed by atoms with E-state index in [9.17, 15) is 29.8 Å². The normalized spacial score (nSPS) is 11.3. The maximum Gasteiger partial charge on any atom is 0.345 e. The molecule has 0 aliphatic carbocycles. The number of ether oxygens (including phenoxy) is 1. The van der Waals surface area contributed by atoms with Gasteiger partial charge in [-0.05, 0) is 25.1 Å². The topological polar surface area (TPSA) is 142 Å². The number of benzene rings is 2. The summed E-state index contributed by atoms with van der Waals surface area (Å²) in [5.41, 5.74) is -1.37. The molecule has 2 aromatic carbocycles. The lowest BCUT2D eigenvalue weighted by Gasteiger charge is -2.13.